The number of ether oxygens (including phenoxy) is 2. The minimum Gasteiger partial charge on any atom is -0.507 e. The molecule has 248 valence electrons. The largest absolute Gasteiger partial charge is 0.507 e. The highest BCUT2D eigenvalue weighted by Crippen LogP contribution is 2.58. The molecule has 0 aliphatic carbocycles. The summed E-state index contributed by atoms with van der Waals surface area (Å²) in [6, 6.07) is 33.2. The van der Waals surface area contributed by atoms with Crippen LogP contribution in [0.15, 0.2) is 122 Å². The van der Waals surface area contributed by atoms with Crippen molar-refractivity contribution in [2.45, 2.75) is 31.8 Å². The Morgan fingerprint density at radius 2 is 1.44 bits per heavy atom. The Bertz CT molecular complexity index is 2190. The molecule has 1 unspecified atom stereocenters. The molecule has 2 aliphatic rings. The molecule has 0 amide bonds. The maximum absolute atomic E-state index is 13.3. The van der Waals surface area contributed by atoms with Crippen LogP contribution in [0, 0.1) is 0 Å². The van der Waals surface area contributed by atoms with E-state index in [0.717, 1.165) is 22.6 Å². The van der Waals surface area contributed by atoms with Crippen molar-refractivity contribution in [3.8, 4) is 23.0 Å². The van der Waals surface area contributed by atoms with Crippen molar-refractivity contribution < 1.29 is 24.5 Å². The van der Waals surface area contributed by atoms with Crippen LogP contribution in [0.5, 0.6) is 23.0 Å². The number of aromatic nitrogens is 2. The van der Waals surface area contributed by atoms with Crippen LogP contribution in [0.2, 0.25) is 5.02 Å². The number of esters is 1. The number of aromatic hydroxyl groups is 2. The minimum absolute atomic E-state index is 0.00458. The van der Waals surface area contributed by atoms with Crippen LogP contribution in [0.25, 0.3) is 0 Å². The topological polar surface area (TPSA) is 117 Å². The van der Waals surface area contributed by atoms with Gasteiger partial charge in [0.25, 0.3) is 0 Å². The van der Waals surface area contributed by atoms with E-state index in [4.69, 9.17) is 21.1 Å². The van der Waals surface area contributed by atoms with Crippen LogP contribution in [0.3, 0.4) is 0 Å². The summed E-state index contributed by atoms with van der Waals surface area (Å²) in [7, 11) is 0. The average molecular weight is 683 g/mol. The quantitative estimate of drug-likeness (QED) is 0.131. The van der Waals surface area contributed by atoms with Gasteiger partial charge in [-0.05, 0) is 60.2 Å². The molecule has 9 nitrogen and oxygen atoms in total. The molecule has 50 heavy (non-hydrogen) atoms. The van der Waals surface area contributed by atoms with E-state index in [9.17, 15) is 15.0 Å². The molecule has 2 aromatic heterocycles. The number of rotatable bonds is 9. The number of halogens is 1. The van der Waals surface area contributed by atoms with Gasteiger partial charge in [0.2, 0.25) is 0 Å². The van der Waals surface area contributed by atoms with E-state index >= 15 is 0 Å². The maximum atomic E-state index is 13.3. The molecule has 0 saturated heterocycles. The van der Waals surface area contributed by atoms with Gasteiger partial charge >= 0.3 is 5.97 Å². The Labute approximate surface area is 293 Å². The van der Waals surface area contributed by atoms with Crippen LogP contribution in [0.1, 0.15) is 49.6 Å². The standard InChI is InChI=1S/C40H31ClN4O5/c41-33-19-32-37(20-36(33)47)49-38-29(35(46)16-15-31(38)40(32)30-13-3-2-12-28(30)39(48)50-40)21-44-34-14-4-1-9-25(34)22-45(23-26-10-5-7-17-42-26)24-27-11-6-8-18-43-27/h1-20,44,46-47H,21-24H2. The fourth-order valence-electron chi connectivity index (χ4n) is 6.82. The van der Waals surface area contributed by atoms with E-state index in [-0.39, 0.29) is 28.8 Å². The van der Waals surface area contributed by atoms with E-state index in [1.54, 1.807) is 42.7 Å². The van der Waals surface area contributed by atoms with E-state index in [0.29, 0.717) is 53.2 Å². The van der Waals surface area contributed by atoms with E-state index < -0.39 is 11.6 Å². The number of hydrogen-bond donors (Lipinski definition) is 3. The summed E-state index contributed by atoms with van der Waals surface area (Å²) in [6.07, 6.45) is 3.59. The first-order valence-electron chi connectivity index (χ1n) is 16.1. The van der Waals surface area contributed by atoms with Gasteiger partial charge in [-0.15, -0.1) is 0 Å². The number of anilines is 1. The van der Waals surface area contributed by atoms with Crippen LogP contribution in [-0.4, -0.2) is 31.1 Å². The molecule has 2 aliphatic heterocycles. The molecule has 0 fully saturated rings. The highest BCUT2D eigenvalue weighted by molar-refractivity contribution is 6.32. The smallest absolute Gasteiger partial charge is 0.340 e. The molecule has 0 radical (unpaired) electrons. The van der Waals surface area contributed by atoms with Gasteiger partial charge in [-0.1, -0.05) is 60.1 Å². The number of nitrogens with one attached hydrogen (secondary N) is 1. The minimum atomic E-state index is -1.41. The second-order valence-corrected chi connectivity index (χ2v) is 12.7. The van der Waals surface area contributed by atoms with E-state index in [1.807, 2.05) is 66.7 Å². The number of hydrogen-bond acceptors (Lipinski definition) is 9. The summed E-state index contributed by atoms with van der Waals surface area (Å²) in [5, 5.41) is 25.5. The summed E-state index contributed by atoms with van der Waals surface area (Å²) in [4.78, 5) is 24.7. The molecular weight excluding hydrogens is 652 g/mol. The third kappa shape index (κ3) is 5.56. The Balaban J connectivity index is 1.15. The summed E-state index contributed by atoms with van der Waals surface area (Å²) < 4.78 is 12.7. The summed E-state index contributed by atoms with van der Waals surface area (Å²) in [5.74, 6) is -0.103. The predicted molar refractivity (Wildman–Crippen MR) is 188 cm³/mol. The molecule has 4 heterocycles. The predicted octanol–water partition coefficient (Wildman–Crippen LogP) is 7.92. The first kappa shape index (κ1) is 31.4. The lowest BCUT2D eigenvalue weighted by Gasteiger charge is -2.37. The third-order valence-electron chi connectivity index (χ3n) is 9.12. The molecule has 6 aromatic rings. The lowest BCUT2D eigenvalue weighted by atomic mass is 9.77. The van der Waals surface area contributed by atoms with Gasteiger partial charge in [0.05, 0.1) is 27.5 Å². The van der Waals surface area contributed by atoms with Crippen molar-refractivity contribution >= 4 is 23.3 Å². The van der Waals surface area contributed by atoms with Crippen molar-refractivity contribution in [2.24, 2.45) is 0 Å². The molecule has 0 bridgehead atoms. The number of nitrogens with zero attached hydrogens (tertiary/aromatic N) is 3. The van der Waals surface area contributed by atoms with Gasteiger partial charge < -0.3 is 25.0 Å². The van der Waals surface area contributed by atoms with Gasteiger partial charge in [-0.3, -0.25) is 14.9 Å². The number of phenols is 2. The molecule has 10 heteroatoms. The van der Waals surface area contributed by atoms with Crippen molar-refractivity contribution in [1.29, 1.82) is 0 Å². The van der Waals surface area contributed by atoms with Crippen LogP contribution in [0.4, 0.5) is 5.69 Å². The van der Waals surface area contributed by atoms with E-state index in [1.165, 1.54) is 6.07 Å². The first-order chi connectivity index (χ1) is 24.4. The number of pyridine rings is 2. The fourth-order valence-corrected chi connectivity index (χ4v) is 6.98. The van der Waals surface area contributed by atoms with Gasteiger partial charge in [0.15, 0.2) is 5.60 Å². The van der Waals surface area contributed by atoms with Gasteiger partial charge in [-0.2, -0.15) is 0 Å². The van der Waals surface area contributed by atoms with Crippen LogP contribution in [-0.2, 0) is 36.5 Å². The first-order valence-corrected chi connectivity index (χ1v) is 16.5. The van der Waals surface area contributed by atoms with E-state index in [2.05, 4.69) is 26.3 Å². The number of fused-ring (bicyclic) bond motifs is 6. The zero-order valence-electron chi connectivity index (χ0n) is 26.7. The third-order valence-corrected chi connectivity index (χ3v) is 9.42. The normalized spacial score (nSPS) is 15.6. The second kappa shape index (κ2) is 12.9. The van der Waals surface area contributed by atoms with Crippen molar-refractivity contribution in [1.82, 2.24) is 14.9 Å². The fraction of sp³-hybridized carbons (Fsp3) is 0.125. The summed E-state index contributed by atoms with van der Waals surface area (Å²) >= 11 is 6.41. The molecule has 0 saturated carbocycles. The monoisotopic (exact) mass is 682 g/mol. The van der Waals surface area contributed by atoms with Crippen molar-refractivity contribution in [3.63, 3.8) is 0 Å². The molecular formula is C40H31ClN4O5. The second-order valence-electron chi connectivity index (χ2n) is 12.3. The molecule has 8 rings (SSSR count). The lowest BCUT2D eigenvalue weighted by Crippen LogP contribution is -2.33. The number of para-hydroxylation sites is 1. The average Bonchev–Trinajstić information content (AvgIpc) is 3.42. The summed E-state index contributed by atoms with van der Waals surface area (Å²) in [6.45, 7) is 2.00. The van der Waals surface area contributed by atoms with Gasteiger partial charge in [0.1, 0.15) is 23.0 Å². The van der Waals surface area contributed by atoms with Gasteiger partial charge in [-0.25, -0.2) is 4.79 Å². The number of phenolic OH excluding ortho intramolecular Hbond substituents is 2. The Hall–Kier alpha value is -5.90. The molecule has 3 N–H and O–H groups in total. The van der Waals surface area contributed by atoms with Crippen molar-refractivity contribution in [3.05, 3.63) is 171 Å². The van der Waals surface area contributed by atoms with Gasteiger partial charge in [0, 0.05) is 67.0 Å². The van der Waals surface area contributed by atoms with Crippen LogP contribution >= 0.6 is 11.6 Å². The zero-order valence-corrected chi connectivity index (χ0v) is 27.5. The number of benzene rings is 4. The highest BCUT2D eigenvalue weighted by atomic mass is 35.5. The van der Waals surface area contributed by atoms with Crippen LogP contribution < -0.4 is 10.1 Å². The molecule has 4 aromatic carbocycles. The van der Waals surface area contributed by atoms with Crippen molar-refractivity contribution in [2.75, 3.05) is 5.32 Å². The SMILES string of the molecule is O=C1OC2(c3cc(Cl)c(O)cc3Oc3c2ccc(O)c3CNc2ccccc2CN(Cc2ccccn2)Cc2ccccn2)c2ccccc21. The maximum Gasteiger partial charge on any atom is 0.340 e. The zero-order chi connectivity index (χ0) is 34.2. The molecule has 1 atom stereocenters. The number of carbonyl (C=O) groups excluding carboxylic acids is 1. The Morgan fingerprint density at radius 1 is 0.740 bits per heavy atom. The lowest BCUT2D eigenvalue weighted by molar-refractivity contribution is 0.0223. The Morgan fingerprint density at radius 3 is 2.18 bits per heavy atom. The Kier molecular flexibility index (Phi) is 8.06. The molecule has 1 spiro atoms. The number of carbonyl (C=O) groups is 1. The highest BCUT2D eigenvalue weighted by Gasteiger charge is 2.54. The summed E-state index contributed by atoms with van der Waals surface area (Å²) in [5.41, 5.74) is 4.87.